The molecule has 0 aliphatic heterocycles. The lowest BCUT2D eigenvalue weighted by atomic mass is 10.4. The van der Waals surface area contributed by atoms with Crippen LogP contribution in [0.3, 0.4) is 0 Å². The molecule has 78 valence electrons. The Kier molecular flexibility index (Phi) is 9.30. The molecule has 0 fully saturated rings. The molecule has 0 amide bonds. The minimum atomic E-state index is -0.0236. The monoisotopic (exact) mass is 190 g/mol. The van der Waals surface area contributed by atoms with Crippen LogP contribution in [0.2, 0.25) is 0 Å². The van der Waals surface area contributed by atoms with Gasteiger partial charge in [0.1, 0.15) is 13.2 Å². The molecule has 0 spiro atoms. The van der Waals surface area contributed by atoms with E-state index in [-0.39, 0.29) is 19.0 Å². The van der Waals surface area contributed by atoms with E-state index in [2.05, 4.69) is 0 Å². The number of carbonyl (C=O) groups is 1. The molecule has 0 aliphatic rings. The predicted octanol–water partition coefficient (Wildman–Crippen LogP) is 0.645. The molecule has 0 aromatic heterocycles. The Hall–Kier alpha value is -0.450. The number of rotatable bonds is 9. The van der Waals surface area contributed by atoms with Gasteiger partial charge in [0, 0.05) is 13.7 Å². The van der Waals surface area contributed by atoms with Gasteiger partial charge in [-0.2, -0.15) is 0 Å². The molecule has 0 N–H and O–H groups in total. The highest BCUT2D eigenvalue weighted by atomic mass is 16.5. The van der Waals surface area contributed by atoms with Crippen molar-refractivity contribution in [1.82, 2.24) is 0 Å². The highest BCUT2D eigenvalue weighted by Gasteiger charge is 2.00. The first-order valence-corrected chi connectivity index (χ1v) is 4.47. The number of methoxy groups -OCH3 is 1. The Bertz CT molecular complexity index is 125. The van der Waals surface area contributed by atoms with Crippen LogP contribution < -0.4 is 0 Å². The van der Waals surface area contributed by atoms with E-state index in [9.17, 15) is 4.79 Å². The first kappa shape index (κ1) is 12.6. The molecule has 13 heavy (non-hydrogen) atoms. The summed E-state index contributed by atoms with van der Waals surface area (Å²) in [6, 6.07) is 0. The van der Waals surface area contributed by atoms with Gasteiger partial charge in [0.15, 0.2) is 5.78 Å². The molecule has 0 saturated carbocycles. The maximum atomic E-state index is 11.0. The fourth-order valence-electron chi connectivity index (χ4n) is 0.700. The Morgan fingerprint density at radius 1 is 1.08 bits per heavy atom. The zero-order valence-electron chi connectivity index (χ0n) is 8.38. The Morgan fingerprint density at radius 2 is 1.69 bits per heavy atom. The second-order valence-corrected chi connectivity index (χ2v) is 2.64. The van der Waals surface area contributed by atoms with E-state index >= 15 is 0 Å². The van der Waals surface area contributed by atoms with Crippen LogP contribution in [0, 0.1) is 0 Å². The smallest absolute Gasteiger partial charge is 0.183 e. The largest absolute Gasteiger partial charge is 0.382 e. The summed E-state index contributed by atoms with van der Waals surface area (Å²) in [7, 11) is 1.59. The first-order chi connectivity index (χ1) is 6.31. The fraction of sp³-hybridized carbons (Fsp3) is 0.889. The molecule has 4 heteroatoms. The van der Waals surface area contributed by atoms with Crippen molar-refractivity contribution in [2.24, 2.45) is 0 Å². The second-order valence-electron chi connectivity index (χ2n) is 2.64. The molecule has 0 rings (SSSR count). The van der Waals surface area contributed by atoms with Crippen molar-refractivity contribution in [2.45, 2.75) is 13.3 Å². The van der Waals surface area contributed by atoms with Gasteiger partial charge in [0.25, 0.3) is 0 Å². The van der Waals surface area contributed by atoms with Crippen molar-refractivity contribution >= 4 is 5.78 Å². The summed E-state index contributed by atoms with van der Waals surface area (Å²) in [6.07, 6.45) is 0.928. The summed E-state index contributed by atoms with van der Waals surface area (Å²) in [4.78, 5) is 11.0. The van der Waals surface area contributed by atoms with Crippen molar-refractivity contribution in [3.05, 3.63) is 0 Å². The molecule has 0 radical (unpaired) electrons. The van der Waals surface area contributed by atoms with E-state index in [1.54, 1.807) is 7.11 Å². The summed E-state index contributed by atoms with van der Waals surface area (Å²) in [5.74, 6) is -0.0236. The van der Waals surface area contributed by atoms with E-state index in [1.165, 1.54) is 0 Å². The second kappa shape index (κ2) is 9.64. The van der Waals surface area contributed by atoms with E-state index in [0.717, 1.165) is 6.42 Å². The third-order valence-electron chi connectivity index (χ3n) is 1.31. The number of hydrogen-bond acceptors (Lipinski definition) is 4. The molecule has 0 heterocycles. The summed E-state index contributed by atoms with van der Waals surface area (Å²) >= 11 is 0. The SMILES string of the molecule is CCCOCC(=O)COCCOC. The van der Waals surface area contributed by atoms with Gasteiger partial charge < -0.3 is 14.2 Å². The van der Waals surface area contributed by atoms with Gasteiger partial charge in [0.05, 0.1) is 13.2 Å². The van der Waals surface area contributed by atoms with E-state index in [1.807, 2.05) is 6.92 Å². The summed E-state index contributed by atoms with van der Waals surface area (Å²) in [5.41, 5.74) is 0. The van der Waals surface area contributed by atoms with Crippen molar-refractivity contribution in [1.29, 1.82) is 0 Å². The lowest BCUT2D eigenvalue weighted by molar-refractivity contribution is -0.128. The maximum absolute atomic E-state index is 11.0. The molecule has 0 atom stereocenters. The molecule has 0 saturated heterocycles. The average Bonchev–Trinajstić information content (AvgIpc) is 2.13. The van der Waals surface area contributed by atoms with Gasteiger partial charge in [0.2, 0.25) is 0 Å². The zero-order chi connectivity index (χ0) is 9.94. The summed E-state index contributed by atoms with van der Waals surface area (Å²) in [5, 5.41) is 0. The topological polar surface area (TPSA) is 44.8 Å². The molecule has 0 aliphatic carbocycles. The van der Waals surface area contributed by atoms with Crippen LogP contribution in [0.5, 0.6) is 0 Å². The van der Waals surface area contributed by atoms with Gasteiger partial charge >= 0.3 is 0 Å². The number of hydrogen-bond donors (Lipinski definition) is 0. The van der Waals surface area contributed by atoms with Crippen LogP contribution in [0.1, 0.15) is 13.3 Å². The lowest BCUT2D eigenvalue weighted by Crippen LogP contribution is -2.17. The van der Waals surface area contributed by atoms with Gasteiger partial charge in [-0.15, -0.1) is 0 Å². The molecular weight excluding hydrogens is 172 g/mol. The lowest BCUT2D eigenvalue weighted by Gasteiger charge is -2.03. The fourth-order valence-corrected chi connectivity index (χ4v) is 0.700. The third-order valence-corrected chi connectivity index (χ3v) is 1.31. The Balaban J connectivity index is 3.11. The van der Waals surface area contributed by atoms with Crippen LogP contribution in [-0.2, 0) is 19.0 Å². The molecular formula is C9H18O4. The highest BCUT2D eigenvalue weighted by molar-refractivity contribution is 5.80. The minimum absolute atomic E-state index is 0.0236. The summed E-state index contributed by atoms with van der Waals surface area (Å²) in [6.45, 7) is 3.87. The Morgan fingerprint density at radius 3 is 2.23 bits per heavy atom. The summed E-state index contributed by atoms with van der Waals surface area (Å²) < 4.78 is 14.8. The van der Waals surface area contributed by atoms with Crippen molar-refractivity contribution in [2.75, 3.05) is 40.1 Å². The van der Waals surface area contributed by atoms with Gasteiger partial charge in [-0.3, -0.25) is 4.79 Å². The predicted molar refractivity (Wildman–Crippen MR) is 48.8 cm³/mol. The van der Waals surface area contributed by atoms with Crippen molar-refractivity contribution in [3.8, 4) is 0 Å². The minimum Gasteiger partial charge on any atom is -0.382 e. The van der Waals surface area contributed by atoms with Crippen LogP contribution in [0.25, 0.3) is 0 Å². The van der Waals surface area contributed by atoms with E-state index in [0.29, 0.717) is 19.8 Å². The molecule has 0 aromatic rings. The van der Waals surface area contributed by atoms with E-state index in [4.69, 9.17) is 14.2 Å². The van der Waals surface area contributed by atoms with Crippen molar-refractivity contribution < 1.29 is 19.0 Å². The van der Waals surface area contributed by atoms with E-state index < -0.39 is 0 Å². The zero-order valence-corrected chi connectivity index (χ0v) is 8.38. The molecule has 4 nitrogen and oxygen atoms in total. The first-order valence-electron chi connectivity index (χ1n) is 4.47. The molecule has 0 aromatic carbocycles. The van der Waals surface area contributed by atoms with Gasteiger partial charge in [-0.05, 0) is 6.42 Å². The molecule has 0 bridgehead atoms. The number of ether oxygens (including phenoxy) is 3. The van der Waals surface area contributed by atoms with Gasteiger partial charge in [-0.1, -0.05) is 6.92 Å². The number of Topliss-reactive ketones (excluding diaryl/α,β-unsaturated/α-hetero) is 1. The highest BCUT2D eigenvalue weighted by Crippen LogP contribution is 1.84. The number of carbonyl (C=O) groups excluding carboxylic acids is 1. The Labute approximate surface area is 79.2 Å². The number of ketones is 1. The quantitative estimate of drug-likeness (QED) is 0.501. The molecule has 0 unspecified atom stereocenters. The van der Waals surface area contributed by atoms with Crippen molar-refractivity contribution in [3.63, 3.8) is 0 Å². The van der Waals surface area contributed by atoms with Crippen LogP contribution in [-0.4, -0.2) is 45.9 Å². The third kappa shape index (κ3) is 9.46. The van der Waals surface area contributed by atoms with Crippen LogP contribution in [0.4, 0.5) is 0 Å². The average molecular weight is 190 g/mol. The normalized spacial score (nSPS) is 10.3. The standard InChI is InChI=1S/C9H18O4/c1-3-4-12-7-9(10)8-13-6-5-11-2/h3-8H2,1-2H3. The maximum Gasteiger partial charge on any atom is 0.183 e. The van der Waals surface area contributed by atoms with Crippen LogP contribution >= 0.6 is 0 Å². The van der Waals surface area contributed by atoms with Gasteiger partial charge in [-0.25, -0.2) is 0 Å². The van der Waals surface area contributed by atoms with Crippen LogP contribution in [0.15, 0.2) is 0 Å².